The van der Waals surface area contributed by atoms with Crippen LogP contribution >= 0.6 is 0 Å². The van der Waals surface area contributed by atoms with Gasteiger partial charge < -0.3 is 23.4 Å². The van der Waals surface area contributed by atoms with Gasteiger partial charge in [-0.1, -0.05) is 127 Å². The van der Waals surface area contributed by atoms with Gasteiger partial charge in [-0.3, -0.25) is 0 Å². The number of hydrogen-bond donors (Lipinski definition) is 0. The third-order valence-corrected chi connectivity index (χ3v) is 13.7. The van der Waals surface area contributed by atoms with Crippen molar-refractivity contribution in [3.05, 3.63) is 194 Å². The highest BCUT2D eigenvalue weighted by Gasteiger charge is 2.47. The van der Waals surface area contributed by atoms with Crippen molar-refractivity contribution in [3.63, 3.8) is 0 Å². The zero-order valence-electron chi connectivity index (χ0n) is 33.2. The van der Waals surface area contributed by atoms with Crippen LogP contribution in [0.3, 0.4) is 0 Å². The van der Waals surface area contributed by atoms with Crippen molar-refractivity contribution in [1.29, 1.82) is 0 Å². The summed E-state index contributed by atoms with van der Waals surface area (Å²) in [5.74, 6) is 3.63. The molecule has 0 N–H and O–H groups in total. The third kappa shape index (κ3) is 4.41. The zero-order valence-corrected chi connectivity index (χ0v) is 33.2. The quantitative estimate of drug-likeness (QED) is 0.167. The van der Waals surface area contributed by atoms with Crippen molar-refractivity contribution in [1.82, 2.24) is 4.57 Å². The smallest absolute Gasteiger partial charge is 0.260 e. The van der Waals surface area contributed by atoms with Gasteiger partial charge in [0, 0.05) is 49.9 Å². The summed E-state index contributed by atoms with van der Waals surface area (Å²) in [6.07, 6.45) is 9.08. The lowest BCUT2D eigenvalue weighted by Crippen LogP contribution is -2.57. The average Bonchev–Trinajstić information content (AvgIpc) is 3.94. The molecule has 0 bridgehead atoms. The summed E-state index contributed by atoms with van der Waals surface area (Å²) in [5.41, 5.74) is 13.8. The number of hydrogen-bond acceptors (Lipinski definition) is 4. The number of allylic oxidation sites excluding steroid dienone is 2. The molecule has 2 atom stereocenters. The number of para-hydroxylation sites is 6. The summed E-state index contributed by atoms with van der Waals surface area (Å²) in [4.78, 5) is 2.53. The molecule has 2 aromatic heterocycles. The summed E-state index contributed by atoms with van der Waals surface area (Å²) < 4.78 is 22.9. The number of furan rings is 1. The van der Waals surface area contributed by atoms with Gasteiger partial charge in [0.1, 0.15) is 28.6 Å². The van der Waals surface area contributed by atoms with Gasteiger partial charge in [0.15, 0.2) is 5.58 Å². The molecule has 8 aromatic carbocycles. The Morgan fingerprint density at radius 2 is 1.20 bits per heavy atom. The topological polar surface area (TPSA) is 39.8 Å². The van der Waals surface area contributed by atoms with Crippen LogP contribution in [0.25, 0.3) is 60.6 Å². The zero-order chi connectivity index (χ0) is 40.0. The Morgan fingerprint density at radius 3 is 2.02 bits per heavy atom. The van der Waals surface area contributed by atoms with Crippen LogP contribution in [-0.4, -0.2) is 16.8 Å². The molecular formula is C55H35BN2O3. The van der Waals surface area contributed by atoms with Crippen LogP contribution in [-0.2, 0) is 0 Å². The maximum absolute atomic E-state index is 7.15. The molecule has 14 rings (SSSR count). The molecule has 0 saturated carbocycles. The molecular weight excluding hydrogens is 747 g/mol. The number of benzene rings is 8. The fraction of sp³-hybridized carbons (Fsp3) is 0.0545. The van der Waals surface area contributed by atoms with Gasteiger partial charge in [-0.25, -0.2) is 0 Å². The first kappa shape index (κ1) is 33.2. The number of nitrogens with zero attached hydrogens (tertiary/aromatic N) is 2. The fourth-order valence-corrected chi connectivity index (χ4v) is 11.1. The Kier molecular flexibility index (Phi) is 6.50. The predicted molar refractivity (Wildman–Crippen MR) is 249 cm³/mol. The number of fused-ring (bicyclic) bond motifs is 13. The SMILES string of the molecule is CC12C=CC=CC1c1ccccc1N2c1ccc2c(c1)c1ccccc1n2-c1cccc2c1oc1c(-c3cc4c5c(c3)Oc3ccccc3B5c3ccccc3O4)cccc12. The highest BCUT2D eigenvalue weighted by Crippen LogP contribution is 2.54. The van der Waals surface area contributed by atoms with E-state index in [-0.39, 0.29) is 18.2 Å². The van der Waals surface area contributed by atoms with Gasteiger partial charge in [0.25, 0.3) is 6.71 Å². The number of rotatable bonds is 3. The Morgan fingerprint density at radius 1 is 0.541 bits per heavy atom. The van der Waals surface area contributed by atoms with Gasteiger partial charge in [0.2, 0.25) is 0 Å². The summed E-state index contributed by atoms with van der Waals surface area (Å²) >= 11 is 0. The van der Waals surface area contributed by atoms with Gasteiger partial charge in [-0.2, -0.15) is 0 Å². The molecule has 10 aromatic rings. The van der Waals surface area contributed by atoms with E-state index in [0.717, 1.165) is 89.2 Å². The highest BCUT2D eigenvalue weighted by atomic mass is 16.5. The normalized spacial score (nSPS) is 17.9. The van der Waals surface area contributed by atoms with Crippen molar-refractivity contribution in [2.24, 2.45) is 0 Å². The first-order valence-electron chi connectivity index (χ1n) is 21.1. The van der Waals surface area contributed by atoms with Crippen molar-refractivity contribution in [2.45, 2.75) is 18.4 Å². The minimum Gasteiger partial charge on any atom is -0.458 e. The molecule has 5 heterocycles. The minimum absolute atomic E-state index is 0.0215. The van der Waals surface area contributed by atoms with Crippen molar-refractivity contribution in [3.8, 4) is 39.8 Å². The van der Waals surface area contributed by atoms with Gasteiger partial charge in [0.05, 0.1) is 22.3 Å². The van der Waals surface area contributed by atoms with Crippen LogP contribution in [0.1, 0.15) is 18.4 Å². The van der Waals surface area contributed by atoms with E-state index in [1.807, 2.05) is 12.1 Å². The molecule has 1 aliphatic carbocycles. The van der Waals surface area contributed by atoms with Gasteiger partial charge in [-0.15, -0.1) is 0 Å². The second kappa shape index (κ2) is 12.0. The molecule has 5 nitrogen and oxygen atoms in total. The maximum Gasteiger partial charge on any atom is 0.260 e. The first-order chi connectivity index (χ1) is 30.1. The standard InChI is InChI=1S/C55H35BN2O3/c1-55-29-11-10-19-41(55)39-15-3-7-23-46(39)58(55)34-27-28-45-40(32-34)36-14-2-6-22-44(36)57(45)47-24-13-18-38-37-17-12-16-35(53(37)61-54(38)47)33-30-50-52-51(31-33)60-49-26-9-5-21-43(49)56(52)42-20-4-8-25-48(42)59-50/h2-32,41H,1H3. The van der Waals surface area contributed by atoms with Crippen LogP contribution in [0.5, 0.6) is 23.0 Å². The Labute approximate surface area is 352 Å². The van der Waals surface area contributed by atoms with Crippen LogP contribution in [0, 0.1) is 0 Å². The largest absolute Gasteiger partial charge is 0.458 e. The maximum atomic E-state index is 7.15. The highest BCUT2D eigenvalue weighted by molar-refractivity contribution is 6.98. The van der Waals surface area contributed by atoms with E-state index in [1.165, 1.54) is 27.7 Å². The van der Waals surface area contributed by atoms with E-state index < -0.39 is 0 Å². The summed E-state index contributed by atoms with van der Waals surface area (Å²) in [6, 6.07) is 58.5. The van der Waals surface area contributed by atoms with Crippen LogP contribution < -0.4 is 30.8 Å². The van der Waals surface area contributed by atoms with E-state index in [2.05, 4.69) is 192 Å². The Bertz CT molecular complexity index is 3540. The molecule has 0 fully saturated rings. The number of ether oxygens (including phenoxy) is 2. The molecule has 286 valence electrons. The average molecular weight is 783 g/mol. The molecule has 0 amide bonds. The van der Waals surface area contributed by atoms with Crippen molar-refractivity contribution in [2.75, 3.05) is 4.90 Å². The molecule has 0 spiro atoms. The summed E-state index contributed by atoms with van der Waals surface area (Å²) in [7, 11) is 0. The van der Waals surface area contributed by atoms with Crippen LogP contribution in [0.2, 0.25) is 0 Å². The molecule has 0 saturated heterocycles. The summed E-state index contributed by atoms with van der Waals surface area (Å²) in [5, 5.41) is 4.53. The summed E-state index contributed by atoms with van der Waals surface area (Å²) in [6.45, 7) is 2.38. The molecule has 4 aliphatic rings. The molecule has 2 unspecified atom stereocenters. The third-order valence-electron chi connectivity index (χ3n) is 13.7. The molecule has 61 heavy (non-hydrogen) atoms. The number of anilines is 2. The molecule has 0 radical (unpaired) electrons. The van der Waals surface area contributed by atoms with Crippen LogP contribution in [0.15, 0.2) is 193 Å². The van der Waals surface area contributed by atoms with E-state index >= 15 is 0 Å². The molecule has 6 heteroatoms. The van der Waals surface area contributed by atoms with Crippen LogP contribution in [0.4, 0.5) is 11.4 Å². The van der Waals surface area contributed by atoms with E-state index in [4.69, 9.17) is 13.9 Å². The van der Waals surface area contributed by atoms with Crippen molar-refractivity contribution >= 4 is 78.2 Å². The monoisotopic (exact) mass is 782 g/mol. The Balaban J connectivity index is 0.946. The van der Waals surface area contributed by atoms with Gasteiger partial charge in [-0.05, 0) is 89.6 Å². The first-order valence-corrected chi connectivity index (χ1v) is 21.1. The lowest BCUT2D eigenvalue weighted by atomic mass is 9.35. The number of aromatic nitrogens is 1. The van der Waals surface area contributed by atoms with E-state index in [9.17, 15) is 0 Å². The Hall–Kier alpha value is -7.70. The van der Waals surface area contributed by atoms with Gasteiger partial charge >= 0.3 is 0 Å². The molecule has 3 aliphatic heterocycles. The second-order valence-corrected chi connectivity index (χ2v) is 16.9. The second-order valence-electron chi connectivity index (χ2n) is 16.9. The fourth-order valence-electron chi connectivity index (χ4n) is 11.1. The lowest BCUT2D eigenvalue weighted by molar-refractivity contribution is 0.465. The van der Waals surface area contributed by atoms with E-state index in [1.54, 1.807) is 0 Å². The minimum atomic E-state index is -0.215. The lowest BCUT2D eigenvalue weighted by Gasteiger charge is -2.39. The van der Waals surface area contributed by atoms with Crippen molar-refractivity contribution < 1.29 is 13.9 Å². The predicted octanol–water partition coefficient (Wildman–Crippen LogP) is 12.2. The van der Waals surface area contributed by atoms with E-state index in [0.29, 0.717) is 0 Å².